The van der Waals surface area contributed by atoms with Crippen molar-refractivity contribution in [3.05, 3.63) is 59.3 Å². The standard InChI is InChI=1S/C22H21N3O4/c1-25-11-21(26)24-18(22(25)27)10-15-14-4-2-3-5-16(14)23-17(15)8-13-6-7-19-20(9-13)29-12-28-19/h2-7,9,18,23H,8,10-12H2,1H3,(H,24,26). The highest BCUT2D eigenvalue weighted by molar-refractivity contribution is 5.95. The van der Waals surface area contributed by atoms with Gasteiger partial charge in [0.15, 0.2) is 11.5 Å². The molecule has 0 radical (unpaired) electrons. The van der Waals surface area contributed by atoms with Gasteiger partial charge in [0.25, 0.3) is 0 Å². The van der Waals surface area contributed by atoms with E-state index in [9.17, 15) is 9.59 Å². The molecule has 3 heterocycles. The fourth-order valence-electron chi connectivity index (χ4n) is 4.10. The van der Waals surface area contributed by atoms with E-state index in [0.717, 1.165) is 39.2 Å². The second kappa shape index (κ2) is 6.84. The molecule has 3 aromatic rings. The molecule has 2 aromatic carbocycles. The minimum absolute atomic E-state index is 0.0658. The fraction of sp³-hybridized carbons (Fsp3) is 0.273. The lowest BCUT2D eigenvalue weighted by molar-refractivity contribution is -0.142. The molecule has 1 saturated heterocycles. The number of H-pyrrole nitrogens is 1. The van der Waals surface area contributed by atoms with Gasteiger partial charge >= 0.3 is 0 Å². The summed E-state index contributed by atoms with van der Waals surface area (Å²) in [4.78, 5) is 29.5. The van der Waals surface area contributed by atoms with E-state index < -0.39 is 6.04 Å². The summed E-state index contributed by atoms with van der Waals surface area (Å²) in [7, 11) is 1.66. The third-order valence-corrected chi connectivity index (χ3v) is 5.52. The Morgan fingerprint density at radius 1 is 1.10 bits per heavy atom. The SMILES string of the molecule is CN1CC(=O)NC(Cc2c(Cc3ccc4c(c3)OCO4)[nH]c3ccccc23)C1=O. The molecular formula is C22H21N3O4. The summed E-state index contributed by atoms with van der Waals surface area (Å²) in [5.41, 5.74) is 4.17. The number of piperazine rings is 1. The number of likely N-dealkylation sites (N-methyl/N-ethyl adjacent to an activating group) is 1. The Bertz CT molecular complexity index is 1120. The lowest BCUT2D eigenvalue weighted by Crippen LogP contribution is -2.57. The number of aromatic nitrogens is 1. The maximum absolute atomic E-state index is 12.6. The lowest BCUT2D eigenvalue weighted by atomic mass is 9.97. The smallest absolute Gasteiger partial charge is 0.245 e. The van der Waals surface area contributed by atoms with Crippen LogP contribution in [0.1, 0.15) is 16.8 Å². The summed E-state index contributed by atoms with van der Waals surface area (Å²) < 4.78 is 10.9. The first-order valence-corrected chi connectivity index (χ1v) is 9.60. The minimum atomic E-state index is -0.559. The number of benzene rings is 2. The first-order valence-electron chi connectivity index (χ1n) is 9.60. The van der Waals surface area contributed by atoms with Gasteiger partial charge in [-0.3, -0.25) is 9.59 Å². The van der Waals surface area contributed by atoms with E-state index in [1.54, 1.807) is 7.05 Å². The highest BCUT2D eigenvalue weighted by Crippen LogP contribution is 2.34. The third kappa shape index (κ3) is 3.18. The van der Waals surface area contributed by atoms with Gasteiger partial charge in [-0.15, -0.1) is 0 Å². The maximum atomic E-state index is 12.6. The van der Waals surface area contributed by atoms with Crippen LogP contribution in [0.15, 0.2) is 42.5 Å². The van der Waals surface area contributed by atoms with Crippen LogP contribution < -0.4 is 14.8 Å². The predicted octanol–water partition coefficient (Wildman–Crippen LogP) is 1.99. The van der Waals surface area contributed by atoms with Gasteiger partial charge in [0, 0.05) is 36.5 Å². The number of hydrogen-bond acceptors (Lipinski definition) is 4. The van der Waals surface area contributed by atoms with Crippen LogP contribution in [0.2, 0.25) is 0 Å². The quantitative estimate of drug-likeness (QED) is 0.713. The molecule has 2 amide bonds. The monoisotopic (exact) mass is 391 g/mol. The van der Waals surface area contributed by atoms with Gasteiger partial charge in [-0.25, -0.2) is 0 Å². The summed E-state index contributed by atoms with van der Waals surface area (Å²) in [5.74, 6) is 1.30. The maximum Gasteiger partial charge on any atom is 0.245 e. The van der Waals surface area contributed by atoms with Crippen molar-refractivity contribution in [3.63, 3.8) is 0 Å². The van der Waals surface area contributed by atoms with Crippen molar-refractivity contribution < 1.29 is 19.1 Å². The van der Waals surface area contributed by atoms with Crippen molar-refractivity contribution >= 4 is 22.7 Å². The van der Waals surface area contributed by atoms with Crippen molar-refractivity contribution in [2.75, 3.05) is 20.4 Å². The van der Waals surface area contributed by atoms with Gasteiger partial charge in [-0.1, -0.05) is 24.3 Å². The zero-order chi connectivity index (χ0) is 20.0. The zero-order valence-electron chi connectivity index (χ0n) is 16.0. The molecule has 0 aliphatic carbocycles. The van der Waals surface area contributed by atoms with Crippen LogP contribution >= 0.6 is 0 Å². The van der Waals surface area contributed by atoms with Gasteiger partial charge in [-0.05, 0) is 29.3 Å². The van der Waals surface area contributed by atoms with E-state index in [1.165, 1.54) is 4.90 Å². The van der Waals surface area contributed by atoms with Crippen LogP contribution in [0.3, 0.4) is 0 Å². The lowest BCUT2D eigenvalue weighted by Gasteiger charge is -2.29. The van der Waals surface area contributed by atoms with E-state index >= 15 is 0 Å². The second-order valence-electron chi connectivity index (χ2n) is 7.51. The second-order valence-corrected chi connectivity index (χ2v) is 7.51. The van der Waals surface area contributed by atoms with Crippen molar-refractivity contribution in [3.8, 4) is 11.5 Å². The van der Waals surface area contributed by atoms with Crippen LogP contribution in [0.5, 0.6) is 11.5 Å². The highest BCUT2D eigenvalue weighted by Gasteiger charge is 2.31. The summed E-state index contributed by atoms with van der Waals surface area (Å²) in [5, 5.41) is 3.91. The average Bonchev–Trinajstić information content (AvgIpc) is 3.30. The number of carbonyl (C=O) groups is 2. The van der Waals surface area contributed by atoms with Crippen LogP contribution in [0.4, 0.5) is 0 Å². The molecule has 1 fully saturated rings. The Morgan fingerprint density at radius 2 is 1.93 bits per heavy atom. The number of hydrogen-bond donors (Lipinski definition) is 2. The number of para-hydroxylation sites is 1. The number of nitrogens with one attached hydrogen (secondary N) is 2. The number of nitrogens with zero attached hydrogens (tertiary/aromatic N) is 1. The van der Waals surface area contributed by atoms with Crippen molar-refractivity contribution in [2.24, 2.45) is 0 Å². The summed E-state index contributed by atoms with van der Waals surface area (Å²) in [6.07, 6.45) is 1.10. The summed E-state index contributed by atoms with van der Waals surface area (Å²) in [6.45, 7) is 0.348. The van der Waals surface area contributed by atoms with Crippen molar-refractivity contribution in [1.82, 2.24) is 15.2 Å². The molecule has 1 atom stereocenters. The summed E-state index contributed by atoms with van der Waals surface area (Å²) in [6, 6.07) is 13.4. The number of carbonyl (C=O) groups excluding carboxylic acids is 2. The number of rotatable bonds is 4. The fourth-order valence-corrected chi connectivity index (χ4v) is 4.10. The summed E-state index contributed by atoms with van der Waals surface area (Å²) >= 11 is 0. The normalized spacial score (nSPS) is 18.4. The molecule has 2 N–H and O–H groups in total. The van der Waals surface area contributed by atoms with Crippen LogP contribution in [0.25, 0.3) is 10.9 Å². The third-order valence-electron chi connectivity index (χ3n) is 5.52. The topological polar surface area (TPSA) is 83.7 Å². The molecule has 2 aliphatic rings. The molecule has 5 rings (SSSR count). The molecule has 0 bridgehead atoms. The van der Waals surface area contributed by atoms with E-state index in [4.69, 9.17) is 9.47 Å². The molecule has 7 heteroatoms. The van der Waals surface area contributed by atoms with Gasteiger partial charge < -0.3 is 24.7 Å². The first-order chi connectivity index (χ1) is 14.1. The Hall–Kier alpha value is -3.48. The predicted molar refractivity (Wildman–Crippen MR) is 107 cm³/mol. The van der Waals surface area contributed by atoms with E-state index in [-0.39, 0.29) is 25.2 Å². The largest absolute Gasteiger partial charge is 0.454 e. The van der Waals surface area contributed by atoms with Crippen molar-refractivity contribution in [1.29, 1.82) is 0 Å². The molecule has 0 spiro atoms. The van der Waals surface area contributed by atoms with Gasteiger partial charge in [0.1, 0.15) is 6.04 Å². The number of fused-ring (bicyclic) bond motifs is 2. The molecule has 29 heavy (non-hydrogen) atoms. The van der Waals surface area contributed by atoms with E-state index in [0.29, 0.717) is 12.8 Å². The van der Waals surface area contributed by atoms with Gasteiger partial charge in [-0.2, -0.15) is 0 Å². The molecule has 148 valence electrons. The molecule has 7 nitrogen and oxygen atoms in total. The Labute approximate surface area is 167 Å². The van der Waals surface area contributed by atoms with E-state index in [1.807, 2.05) is 42.5 Å². The average molecular weight is 391 g/mol. The Morgan fingerprint density at radius 3 is 2.83 bits per heavy atom. The molecule has 0 saturated carbocycles. The molecule has 1 unspecified atom stereocenters. The van der Waals surface area contributed by atoms with Gasteiger partial charge in [0.2, 0.25) is 18.6 Å². The molecular weight excluding hydrogens is 370 g/mol. The first kappa shape index (κ1) is 17.6. The Balaban J connectivity index is 1.50. The number of aromatic amines is 1. The van der Waals surface area contributed by atoms with Crippen molar-refractivity contribution in [2.45, 2.75) is 18.9 Å². The van der Waals surface area contributed by atoms with E-state index in [2.05, 4.69) is 10.3 Å². The van der Waals surface area contributed by atoms with Crippen LogP contribution in [0, 0.1) is 0 Å². The van der Waals surface area contributed by atoms with Crippen LogP contribution in [-0.2, 0) is 22.4 Å². The minimum Gasteiger partial charge on any atom is -0.454 e. The Kier molecular flexibility index (Phi) is 4.16. The molecule has 1 aromatic heterocycles. The molecule has 2 aliphatic heterocycles. The van der Waals surface area contributed by atoms with Crippen LogP contribution in [-0.4, -0.2) is 48.1 Å². The van der Waals surface area contributed by atoms with Gasteiger partial charge in [0.05, 0.1) is 6.54 Å². The number of ether oxygens (including phenoxy) is 2. The highest BCUT2D eigenvalue weighted by atomic mass is 16.7. The number of amides is 2. The zero-order valence-corrected chi connectivity index (χ0v) is 16.0.